The van der Waals surface area contributed by atoms with Gasteiger partial charge in [-0.2, -0.15) is 0 Å². The Morgan fingerprint density at radius 2 is 1.85 bits per heavy atom. The van der Waals surface area contributed by atoms with Crippen molar-refractivity contribution < 1.29 is 64.3 Å². The van der Waals surface area contributed by atoms with E-state index in [1.807, 2.05) is 0 Å². The van der Waals surface area contributed by atoms with Gasteiger partial charge in [0.05, 0.1) is 0 Å². The third-order valence-electron chi connectivity index (χ3n) is 3.18. The van der Waals surface area contributed by atoms with Crippen LogP contribution in [0.1, 0.15) is 11.1 Å². The zero-order valence-corrected chi connectivity index (χ0v) is 14.6. The minimum absolute atomic E-state index is 0. The number of rotatable bonds is 3. The smallest absolute Gasteiger partial charge is 0.445 e. The molecule has 1 N–H and O–H groups in total. The summed E-state index contributed by atoms with van der Waals surface area (Å²) in [5.74, 6) is 2.30. The number of halogens is 3. The van der Waals surface area contributed by atoms with Gasteiger partial charge in [0.25, 0.3) is 0 Å². The molecule has 0 radical (unpaired) electrons. The van der Waals surface area contributed by atoms with Crippen LogP contribution in [0.3, 0.4) is 0 Å². The van der Waals surface area contributed by atoms with Gasteiger partial charge in [0.1, 0.15) is 0 Å². The van der Waals surface area contributed by atoms with E-state index >= 15 is 0 Å². The molecule has 0 amide bonds. The number of hydrogen-bond donors (Lipinski definition) is 1. The molecule has 0 saturated carbocycles. The van der Waals surface area contributed by atoms with Gasteiger partial charge in [0.15, 0.2) is 0 Å². The second kappa shape index (κ2) is 7.99. The Morgan fingerprint density at radius 3 is 2.40 bits per heavy atom. The van der Waals surface area contributed by atoms with Crippen LogP contribution in [-0.4, -0.2) is 38.1 Å². The molecule has 1 aliphatic heterocycles. The summed E-state index contributed by atoms with van der Waals surface area (Å²) in [6.07, 6.45) is 5.23. The molecule has 0 unspecified atom stereocenters. The van der Waals surface area contributed by atoms with Crippen molar-refractivity contribution >= 4 is 12.4 Å². The van der Waals surface area contributed by atoms with Crippen molar-refractivity contribution in [3.63, 3.8) is 0 Å². The van der Waals surface area contributed by atoms with Gasteiger partial charge in [0.2, 0.25) is 0 Å². The van der Waals surface area contributed by atoms with Crippen molar-refractivity contribution in [2.75, 3.05) is 26.2 Å². The maximum absolute atomic E-state index is 12.8. The van der Waals surface area contributed by atoms with Gasteiger partial charge >= 0.3 is 58.4 Å². The Labute approximate surface area is 160 Å². The van der Waals surface area contributed by atoms with Crippen molar-refractivity contribution in [3.8, 4) is 12.3 Å². The fourth-order valence-corrected chi connectivity index (χ4v) is 2.21. The van der Waals surface area contributed by atoms with Gasteiger partial charge in [-0.25, -0.2) is 0 Å². The van der Waals surface area contributed by atoms with E-state index in [0.717, 1.165) is 32.2 Å². The molecule has 0 aromatic heterocycles. The minimum Gasteiger partial charge on any atom is -0.445 e. The van der Waals surface area contributed by atoms with E-state index in [1.54, 1.807) is 6.07 Å². The average molecular weight is 306 g/mol. The molecule has 1 aromatic rings. The van der Waals surface area contributed by atoms with Gasteiger partial charge < -0.3 is 18.3 Å². The molecule has 1 fully saturated rings. The van der Waals surface area contributed by atoms with Crippen molar-refractivity contribution in [2.24, 2.45) is 0 Å². The Kier molecular flexibility index (Phi) is 7.29. The summed E-state index contributed by atoms with van der Waals surface area (Å²) in [6, 6.07) is 3.91. The minimum atomic E-state index is -5.01. The van der Waals surface area contributed by atoms with E-state index in [1.165, 1.54) is 6.07 Å². The standard InChI is InChI=1S/C13H15BF3N2.K/c1-2-11-7-12(9-13(8-11)14(15,16)17)10-19-5-3-18-4-6-19;/h1,7-9,18H,3-6,10H2;/q-1;+1. The second-order valence-corrected chi connectivity index (χ2v) is 4.71. The van der Waals surface area contributed by atoms with Gasteiger partial charge in [0, 0.05) is 38.3 Å². The zero-order chi connectivity index (χ0) is 13.9. The van der Waals surface area contributed by atoms with Crippen LogP contribution < -0.4 is 62.2 Å². The molecule has 0 aliphatic carbocycles. The summed E-state index contributed by atoms with van der Waals surface area (Å²) < 4.78 is 38.5. The fourth-order valence-electron chi connectivity index (χ4n) is 2.21. The third-order valence-corrected chi connectivity index (χ3v) is 3.18. The number of piperazine rings is 1. The van der Waals surface area contributed by atoms with Crippen LogP contribution in [0.15, 0.2) is 18.2 Å². The number of benzene rings is 1. The van der Waals surface area contributed by atoms with Crippen molar-refractivity contribution in [1.29, 1.82) is 0 Å². The van der Waals surface area contributed by atoms with E-state index in [2.05, 4.69) is 16.1 Å². The first kappa shape index (κ1) is 18.2. The van der Waals surface area contributed by atoms with Crippen LogP contribution in [0.4, 0.5) is 12.9 Å². The molecule has 1 saturated heterocycles. The van der Waals surface area contributed by atoms with Crippen LogP contribution in [0, 0.1) is 12.3 Å². The van der Waals surface area contributed by atoms with Gasteiger partial charge in [-0.05, 0) is 11.6 Å². The Bertz CT molecular complexity index is 493. The maximum Gasteiger partial charge on any atom is 1.00 e. The molecule has 1 aliphatic rings. The largest absolute Gasteiger partial charge is 1.00 e. The van der Waals surface area contributed by atoms with E-state index < -0.39 is 12.4 Å². The first-order valence-corrected chi connectivity index (χ1v) is 6.22. The average Bonchev–Trinajstić information content (AvgIpc) is 2.38. The molecule has 20 heavy (non-hydrogen) atoms. The maximum atomic E-state index is 12.8. The molecule has 1 aromatic carbocycles. The summed E-state index contributed by atoms with van der Waals surface area (Å²) in [7, 11) is 0. The predicted molar refractivity (Wildman–Crippen MR) is 71.2 cm³/mol. The molecule has 0 spiro atoms. The fraction of sp³-hybridized carbons (Fsp3) is 0.385. The first-order valence-electron chi connectivity index (χ1n) is 6.22. The summed E-state index contributed by atoms with van der Waals surface area (Å²) in [6.45, 7) is -1.09. The van der Waals surface area contributed by atoms with E-state index in [-0.39, 0.29) is 51.4 Å². The van der Waals surface area contributed by atoms with E-state index in [0.29, 0.717) is 17.7 Å². The Morgan fingerprint density at radius 1 is 1.20 bits per heavy atom. The van der Waals surface area contributed by atoms with Crippen molar-refractivity contribution in [3.05, 3.63) is 29.3 Å². The summed E-state index contributed by atoms with van der Waals surface area (Å²) in [5, 5.41) is 3.21. The Balaban J connectivity index is 0.00000200. The van der Waals surface area contributed by atoms with Gasteiger partial charge in [-0.3, -0.25) is 4.90 Å². The van der Waals surface area contributed by atoms with Crippen LogP contribution in [0.2, 0.25) is 0 Å². The molecule has 2 rings (SSSR count). The molecule has 102 valence electrons. The predicted octanol–water partition coefficient (Wildman–Crippen LogP) is -1.87. The first-order chi connectivity index (χ1) is 8.99. The summed E-state index contributed by atoms with van der Waals surface area (Å²) in [5.41, 5.74) is 0.314. The molecule has 7 heteroatoms. The van der Waals surface area contributed by atoms with Crippen molar-refractivity contribution in [1.82, 2.24) is 10.2 Å². The summed E-state index contributed by atoms with van der Waals surface area (Å²) >= 11 is 0. The molecular formula is C13H15BF3KN2. The van der Waals surface area contributed by atoms with Gasteiger partial charge in [-0.1, -0.05) is 18.1 Å². The molecule has 0 atom stereocenters. The molecule has 2 nitrogen and oxygen atoms in total. The molecule has 1 heterocycles. The van der Waals surface area contributed by atoms with E-state index in [9.17, 15) is 12.9 Å². The van der Waals surface area contributed by atoms with Gasteiger partial charge in [-0.15, -0.1) is 11.9 Å². The number of nitrogens with zero attached hydrogens (tertiary/aromatic N) is 1. The van der Waals surface area contributed by atoms with Crippen LogP contribution in [0.25, 0.3) is 0 Å². The normalized spacial score (nSPS) is 16.3. The van der Waals surface area contributed by atoms with E-state index in [4.69, 9.17) is 6.42 Å². The number of nitrogens with one attached hydrogen (secondary N) is 1. The summed E-state index contributed by atoms with van der Waals surface area (Å²) in [4.78, 5) is 2.12. The third kappa shape index (κ3) is 5.19. The SMILES string of the molecule is C#Cc1cc(CN2CCNCC2)cc([B-](F)(F)F)c1.[K+]. The quantitative estimate of drug-likeness (QED) is 0.520. The topological polar surface area (TPSA) is 15.3 Å². The Hall–Kier alpha value is 0.191. The number of terminal acetylenes is 1. The van der Waals surface area contributed by atoms with Crippen LogP contribution >= 0.6 is 0 Å². The molecule has 0 bridgehead atoms. The van der Waals surface area contributed by atoms with Crippen LogP contribution in [-0.2, 0) is 6.54 Å². The monoisotopic (exact) mass is 306 g/mol. The zero-order valence-electron chi connectivity index (χ0n) is 11.5. The second-order valence-electron chi connectivity index (χ2n) is 4.71. The molecular weight excluding hydrogens is 291 g/mol. The van der Waals surface area contributed by atoms with Crippen molar-refractivity contribution in [2.45, 2.75) is 6.54 Å². The number of hydrogen-bond acceptors (Lipinski definition) is 2. The van der Waals surface area contributed by atoms with Crippen LogP contribution in [0.5, 0.6) is 0 Å².